The second-order valence-electron chi connectivity index (χ2n) is 4.76. The van der Waals surface area contributed by atoms with E-state index < -0.39 is 17.3 Å². The Hall–Kier alpha value is -1.52. The van der Waals surface area contributed by atoms with Gasteiger partial charge in [0, 0.05) is 5.92 Å². The number of rotatable bonds is 1. The molecule has 0 bridgehead atoms. The lowest BCUT2D eigenvalue weighted by atomic mass is 9.84. The molecule has 1 aromatic carbocycles. The van der Waals surface area contributed by atoms with Crippen molar-refractivity contribution >= 4 is 5.97 Å². The number of halogens is 3. The first-order valence-corrected chi connectivity index (χ1v) is 5.63. The van der Waals surface area contributed by atoms with Crippen LogP contribution in [-0.2, 0) is 21.3 Å². The average molecular weight is 258 g/mol. The summed E-state index contributed by atoms with van der Waals surface area (Å²) in [5, 5.41) is 0. The number of carbonyl (C=O) groups is 1. The second-order valence-corrected chi connectivity index (χ2v) is 4.76. The summed E-state index contributed by atoms with van der Waals surface area (Å²) in [7, 11) is 0. The van der Waals surface area contributed by atoms with Gasteiger partial charge in [0.2, 0.25) is 0 Å². The average Bonchev–Trinajstić information content (AvgIpc) is 2.53. The molecule has 2 nitrogen and oxygen atoms in total. The van der Waals surface area contributed by atoms with Crippen molar-refractivity contribution in [2.75, 3.05) is 0 Å². The highest BCUT2D eigenvalue weighted by molar-refractivity contribution is 5.73. The topological polar surface area (TPSA) is 26.3 Å². The molecule has 5 heteroatoms. The fourth-order valence-electron chi connectivity index (χ4n) is 2.16. The molecule has 1 aromatic rings. The highest BCUT2D eigenvalue weighted by Crippen LogP contribution is 2.41. The van der Waals surface area contributed by atoms with E-state index in [-0.39, 0.29) is 18.3 Å². The molecule has 0 amide bonds. The van der Waals surface area contributed by atoms with Crippen LogP contribution in [0.3, 0.4) is 0 Å². The number of cyclic esters (lactones) is 1. The van der Waals surface area contributed by atoms with Crippen molar-refractivity contribution in [3.8, 4) is 0 Å². The first-order valence-electron chi connectivity index (χ1n) is 5.63. The lowest BCUT2D eigenvalue weighted by Gasteiger charge is -2.28. The minimum Gasteiger partial charge on any atom is -0.454 e. The van der Waals surface area contributed by atoms with Crippen LogP contribution < -0.4 is 0 Å². The maximum Gasteiger partial charge on any atom is 0.416 e. The highest BCUT2D eigenvalue weighted by Gasteiger charge is 2.44. The smallest absolute Gasteiger partial charge is 0.416 e. The van der Waals surface area contributed by atoms with Gasteiger partial charge in [-0.25, -0.2) is 0 Å². The Labute approximate surface area is 103 Å². The Kier molecular flexibility index (Phi) is 2.87. The molecule has 1 heterocycles. The first-order chi connectivity index (χ1) is 8.23. The molecule has 98 valence electrons. The van der Waals surface area contributed by atoms with E-state index in [4.69, 9.17) is 4.74 Å². The highest BCUT2D eigenvalue weighted by atomic mass is 19.4. The van der Waals surface area contributed by atoms with E-state index in [0.29, 0.717) is 5.56 Å². The Morgan fingerprint density at radius 1 is 1.28 bits per heavy atom. The van der Waals surface area contributed by atoms with Crippen molar-refractivity contribution in [3.05, 3.63) is 35.4 Å². The minimum absolute atomic E-state index is 0.0539. The molecule has 0 saturated carbocycles. The molecule has 0 aliphatic carbocycles. The van der Waals surface area contributed by atoms with Crippen LogP contribution in [0.15, 0.2) is 24.3 Å². The number of hydrogen-bond donors (Lipinski definition) is 0. The third-order valence-electron chi connectivity index (χ3n) is 3.52. The Balaban J connectivity index is 2.33. The van der Waals surface area contributed by atoms with Crippen molar-refractivity contribution in [1.82, 2.24) is 0 Å². The van der Waals surface area contributed by atoms with Gasteiger partial charge in [-0.3, -0.25) is 4.79 Å². The largest absolute Gasteiger partial charge is 0.454 e. The maximum atomic E-state index is 12.4. The SMILES string of the molecule is C[C@@H]1CC(=O)O[C@]1(C)c1ccc(C(F)(F)F)cc1. The van der Waals surface area contributed by atoms with E-state index in [0.717, 1.165) is 12.1 Å². The van der Waals surface area contributed by atoms with E-state index in [2.05, 4.69) is 0 Å². The quantitative estimate of drug-likeness (QED) is 0.720. The van der Waals surface area contributed by atoms with Gasteiger partial charge in [0.1, 0.15) is 5.60 Å². The Morgan fingerprint density at radius 3 is 2.22 bits per heavy atom. The van der Waals surface area contributed by atoms with Crippen LogP contribution in [0.2, 0.25) is 0 Å². The van der Waals surface area contributed by atoms with Crippen molar-refractivity contribution in [1.29, 1.82) is 0 Å². The van der Waals surface area contributed by atoms with Crippen LogP contribution >= 0.6 is 0 Å². The molecule has 0 N–H and O–H groups in total. The minimum atomic E-state index is -4.35. The molecule has 1 aliphatic rings. The summed E-state index contributed by atoms with van der Waals surface area (Å²) in [6.45, 7) is 3.58. The van der Waals surface area contributed by atoms with Gasteiger partial charge in [0.15, 0.2) is 0 Å². The van der Waals surface area contributed by atoms with Crippen molar-refractivity contribution in [2.45, 2.75) is 32.0 Å². The van der Waals surface area contributed by atoms with Crippen LogP contribution in [-0.4, -0.2) is 5.97 Å². The molecule has 2 atom stereocenters. The fraction of sp³-hybridized carbons (Fsp3) is 0.462. The zero-order chi connectivity index (χ0) is 13.6. The van der Waals surface area contributed by atoms with Crippen LogP contribution in [0.25, 0.3) is 0 Å². The standard InChI is InChI=1S/C13H13F3O2/c1-8-7-11(17)18-12(8,2)9-3-5-10(6-4-9)13(14,15)16/h3-6,8H,7H2,1-2H3/t8-,12+/m1/s1. The van der Waals surface area contributed by atoms with Gasteiger partial charge in [-0.1, -0.05) is 19.1 Å². The van der Waals surface area contributed by atoms with Gasteiger partial charge in [0.25, 0.3) is 0 Å². The van der Waals surface area contributed by atoms with Gasteiger partial charge >= 0.3 is 12.1 Å². The number of benzene rings is 1. The summed E-state index contributed by atoms with van der Waals surface area (Å²) in [4.78, 5) is 11.3. The second kappa shape index (κ2) is 4.00. The summed E-state index contributed by atoms with van der Waals surface area (Å²) >= 11 is 0. The van der Waals surface area contributed by atoms with Gasteiger partial charge in [-0.15, -0.1) is 0 Å². The number of esters is 1. The van der Waals surface area contributed by atoms with Gasteiger partial charge < -0.3 is 4.74 Å². The van der Waals surface area contributed by atoms with E-state index >= 15 is 0 Å². The number of alkyl halides is 3. The zero-order valence-electron chi connectivity index (χ0n) is 10.0. The van der Waals surface area contributed by atoms with E-state index in [1.165, 1.54) is 12.1 Å². The fourth-order valence-corrected chi connectivity index (χ4v) is 2.16. The lowest BCUT2D eigenvalue weighted by Crippen LogP contribution is -2.27. The van der Waals surface area contributed by atoms with Gasteiger partial charge in [-0.2, -0.15) is 13.2 Å². The molecular weight excluding hydrogens is 245 g/mol. The summed E-state index contributed by atoms with van der Waals surface area (Å²) in [5.41, 5.74) is -0.943. The number of hydrogen-bond acceptors (Lipinski definition) is 2. The predicted octanol–water partition coefficient (Wildman–Crippen LogP) is 3.50. The van der Waals surface area contributed by atoms with Crippen LogP contribution in [0.5, 0.6) is 0 Å². The normalized spacial score (nSPS) is 28.3. The summed E-state index contributed by atoms with van der Waals surface area (Å²) in [6.07, 6.45) is -4.06. The molecule has 1 saturated heterocycles. The van der Waals surface area contributed by atoms with E-state index in [1.807, 2.05) is 6.92 Å². The molecule has 1 fully saturated rings. The van der Waals surface area contributed by atoms with Crippen LogP contribution in [0.1, 0.15) is 31.4 Å². The summed E-state index contributed by atoms with van der Waals surface area (Å²) in [6, 6.07) is 4.77. The predicted molar refractivity (Wildman–Crippen MR) is 58.7 cm³/mol. The molecule has 0 unspecified atom stereocenters. The molecule has 0 radical (unpaired) electrons. The molecular formula is C13H13F3O2. The maximum absolute atomic E-state index is 12.4. The molecule has 18 heavy (non-hydrogen) atoms. The van der Waals surface area contributed by atoms with Crippen LogP contribution in [0.4, 0.5) is 13.2 Å². The number of ether oxygens (including phenoxy) is 1. The lowest BCUT2D eigenvalue weighted by molar-refractivity contribution is -0.149. The Bertz CT molecular complexity index is 464. The Morgan fingerprint density at radius 2 is 1.83 bits per heavy atom. The third kappa shape index (κ3) is 2.09. The molecule has 1 aliphatic heterocycles. The van der Waals surface area contributed by atoms with Crippen LogP contribution in [0, 0.1) is 5.92 Å². The first kappa shape index (κ1) is 12.9. The summed E-state index contributed by atoms with van der Waals surface area (Å²) < 4.78 is 42.6. The molecule has 2 rings (SSSR count). The zero-order valence-corrected chi connectivity index (χ0v) is 10.0. The van der Waals surface area contributed by atoms with Gasteiger partial charge in [0.05, 0.1) is 12.0 Å². The number of carbonyl (C=O) groups excluding carboxylic acids is 1. The van der Waals surface area contributed by atoms with E-state index in [1.54, 1.807) is 6.92 Å². The van der Waals surface area contributed by atoms with Crippen molar-refractivity contribution in [3.63, 3.8) is 0 Å². The monoisotopic (exact) mass is 258 g/mol. The molecule has 0 aromatic heterocycles. The van der Waals surface area contributed by atoms with Crippen molar-refractivity contribution in [2.24, 2.45) is 5.92 Å². The van der Waals surface area contributed by atoms with E-state index in [9.17, 15) is 18.0 Å². The van der Waals surface area contributed by atoms with Gasteiger partial charge in [-0.05, 0) is 24.6 Å². The molecule has 0 spiro atoms. The van der Waals surface area contributed by atoms with Crippen molar-refractivity contribution < 1.29 is 22.7 Å². The third-order valence-corrected chi connectivity index (χ3v) is 3.52. The summed E-state index contributed by atoms with van der Waals surface area (Å²) in [5.74, 6) is -0.369.